The lowest BCUT2D eigenvalue weighted by Crippen LogP contribution is -2.15. The average molecular weight is 234 g/mol. The molecule has 4 heteroatoms. The summed E-state index contributed by atoms with van der Waals surface area (Å²) in [6, 6.07) is 0. The molecule has 0 aromatic rings. The molecule has 0 radical (unpaired) electrons. The van der Waals surface area contributed by atoms with Crippen molar-refractivity contribution in [1.82, 2.24) is 0 Å². The monoisotopic (exact) mass is 234 g/mol. The Morgan fingerprint density at radius 3 is 1.67 bits per heavy atom. The van der Waals surface area contributed by atoms with Gasteiger partial charge in [0.15, 0.2) is 0 Å². The maximum Gasteiger partial charge on any atom is 0.0759 e. The van der Waals surface area contributed by atoms with E-state index in [0.717, 1.165) is 9.16 Å². The van der Waals surface area contributed by atoms with E-state index in [1.165, 1.54) is 11.5 Å². The summed E-state index contributed by atoms with van der Waals surface area (Å²) in [7, 11) is 0. The molecular weight excluding hydrogens is 224 g/mol. The summed E-state index contributed by atoms with van der Waals surface area (Å²) in [5.41, 5.74) is 0. The number of hydrogen-bond acceptors (Lipinski definition) is 4. The van der Waals surface area contributed by atoms with E-state index in [-0.39, 0.29) is 0 Å². The summed E-state index contributed by atoms with van der Waals surface area (Å²) in [5, 5.41) is 4.50. The van der Waals surface area contributed by atoms with E-state index in [9.17, 15) is 0 Å². The topological polar surface area (TPSA) is 0 Å². The second kappa shape index (κ2) is 4.94. The lowest BCUT2D eigenvalue weighted by atomic mass is 10.7. The summed E-state index contributed by atoms with van der Waals surface area (Å²) in [6.45, 7) is 0. The zero-order chi connectivity index (χ0) is 8.23. The fourth-order valence-corrected chi connectivity index (χ4v) is 6.54. The first-order valence-electron chi connectivity index (χ1n) is 3.81. The first-order chi connectivity index (χ1) is 5.97. The highest BCUT2D eigenvalue weighted by Gasteiger charge is 2.24. The molecule has 0 saturated carbocycles. The highest BCUT2D eigenvalue weighted by atomic mass is 32.2. The van der Waals surface area contributed by atoms with Crippen molar-refractivity contribution < 1.29 is 0 Å². The van der Waals surface area contributed by atoms with Crippen molar-refractivity contribution in [2.75, 3.05) is 11.5 Å². The fraction of sp³-hybridized carbons (Fsp3) is 0.500. The number of hydrogen-bond donors (Lipinski definition) is 0. The van der Waals surface area contributed by atoms with Crippen LogP contribution in [0.1, 0.15) is 0 Å². The lowest BCUT2D eigenvalue weighted by Gasteiger charge is -2.26. The van der Waals surface area contributed by atoms with Gasteiger partial charge in [0.1, 0.15) is 0 Å². The van der Waals surface area contributed by atoms with Crippen molar-refractivity contribution >= 4 is 47.0 Å². The minimum absolute atomic E-state index is 0.759. The molecule has 0 amide bonds. The minimum Gasteiger partial charge on any atom is -0.141 e. The van der Waals surface area contributed by atoms with Crippen LogP contribution in [-0.2, 0) is 0 Å². The summed E-state index contributed by atoms with van der Waals surface area (Å²) in [6.07, 6.45) is 4.50. The fourth-order valence-electron chi connectivity index (χ4n) is 1.01. The van der Waals surface area contributed by atoms with Crippen LogP contribution in [0.5, 0.6) is 0 Å². The van der Waals surface area contributed by atoms with E-state index < -0.39 is 0 Å². The number of thioether (sulfide) groups is 4. The van der Waals surface area contributed by atoms with Gasteiger partial charge in [-0.15, -0.1) is 47.0 Å². The second-order valence-corrected chi connectivity index (χ2v) is 7.47. The smallest absolute Gasteiger partial charge is 0.0759 e. The molecule has 0 aromatic carbocycles. The van der Waals surface area contributed by atoms with Gasteiger partial charge in [-0.05, 0) is 10.8 Å². The molecule has 2 unspecified atom stereocenters. The Bertz CT molecular complexity index is 177. The maximum absolute atomic E-state index is 2.25. The molecule has 2 aliphatic heterocycles. The van der Waals surface area contributed by atoms with Gasteiger partial charge in [0.25, 0.3) is 0 Å². The Balaban J connectivity index is 1.90. The first-order valence-corrected chi connectivity index (χ1v) is 7.79. The van der Waals surface area contributed by atoms with Crippen molar-refractivity contribution in [3.8, 4) is 0 Å². The van der Waals surface area contributed by atoms with Crippen molar-refractivity contribution in [1.29, 1.82) is 0 Å². The molecule has 2 rings (SSSR count). The molecule has 2 aliphatic rings. The molecule has 2 atom stereocenters. The molecule has 0 bridgehead atoms. The molecule has 2 heterocycles. The molecule has 12 heavy (non-hydrogen) atoms. The van der Waals surface area contributed by atoms with Crippen molar-refractivity contribution in [2.45, 2.75) is 9.16 Å². The van der Waals surface area contributed by atoms with Gasteiger partial charge in [-0.2, -0.15) is 0 Å². The summed E-state index contributed by atoms with van der Waals surface area (Å²) < 4.78 is 1.52. The van der Waals surface area contributed by atoms with Crippen LogP contribution in [0.25, 0.3) is 0 Å². The summed E-state index contributed by atoms with van der Waals surface area (Å²) in [4.78, 5) is 0. The highest BCUT2D eigenvalue weighted by molar-refractivity contribution is 8.25. The Morgan fingerprint density at radius 1 is 0.833 bits per heavy atom. The summed E-state index contributed by atoms with van der Waals surface area (Å²) in [5.74, 6) is 2.39. The van der Waals surface area contributed by atoms with E-state index in [4.69, 9.17) is 0 Å². The SMILES string of the molecule is C1=CSC(C2SC=CCS2)SC1. The van der Waals surface area contributed by atoms with Gasteiger partial charge in [0, 0.05) is 11.5 Å². The third-order valence-electron chi connectivity index (χ3n) is 1.55. The van der Waals surface area contributed by atoms with Gasteiger partial charge in [-0.1, -0.05) is 12.2 Å². The van der Waals surface area contributed by atoms with Gasteiger partial charge < -0.3 is 0 Å². The average Bonchev–Trinajstić information content (AvgIpc) is 2.21. The zero-order valence-corrected chi connectivity index (χ0v) is 9.78. The van der Waals surface area contributed by atoms with Gasteiger partial charge in [-0.25, -0.2) is 0 Å². The molecule has 0 fully saturated rings. The van der Waals surface area contributed by atoms with E-state index in [0.29, 0.717) is 0 Å². The van der Waals surface area contributed by atoms with E-state index in [1.54, 1.807) is 0 Å². The Hall–Kier alpha value is 0.880. The maximum atomic E-state index is 2.25. The normalized spacial score (nSPS) is 35.3. The van der Waals surface area contributed by atoms with Crippen LogP contribution in [-0.4, -0.2) is 20.7 Å². The Kier molecular flexibility index (Phi) is 3.88. The predicted octanol–water partition coefficient (Wildman–Crippen LogP) is 3.63. The standard InChI is InChI=1S/C8H10S4/c1-3-9-7(10-4-1)8-11-5-2-6-12-8/h1-3,5,7-8H,4,6H2. The largest absolute Gasteiger partial charge is 0.141 e. The number of rotatable bonds is 1. The van der Waals surface area contributed by atoms with Crippen LogP contribution >= 0.6 is 47.0 Å². The van der Waals surface area contributed by atoms with Gasteiger partial charge >= 0.3 is 0 Å². The third kappa shape index (κ3) is 2.44. The minimum atomic E-state index is 0.759. The lowest BCUT2D eigenvalue weighted by molar-refractivity contribution is 1.35. The van der Waals surface area contributed by atoms with Gasteiger partial charge in [-0.3, -0.25) is 0 Å². The van der Waals surface area contributed by atoms with Crippen LogP contribution in [0.2, 0.25) is 0 Å². The molecule has 0 saturated heterocycles. The first kappa shape index (κ1) is 9.44. The van der Waals surface area contributed by atoms with Crippen molar-refractivity contribution in [3.05, 3.63) is 23.0 Å². The second-order valence-electron chi connectivity index (χ2n) is 2.42. The Morgan fingerprint density at radius 2 is 1.33 bits per heavy atom. The van der Waals surface area contributed by atoms with Gasteiger partial charge in [0.2, 0.25) is 0 Å². The molecule has 0 spiro atoms. The molecule has 0 aromatic heterocycles. The molecule has 0 nitrogen and oxygen atoms in total. The van der Waals surface area contributed by atoms with Crippen LogP contribution in [0, 0.1) is 0 Å². The van der Waals surface area contributed by atoms with Crippen LogP contribution in [0.15, 0.2) is 23.0 Å². The molecule has 66 valence electrons. The van der Waals surface area contributed by atoms with E-state index in [2.05, 4.69) is 46.5 Å². The summed E-state index contributed by atoms with van der Waals surface area (Å²) >= 11 is 8.09. The predicted molar refractivity (Wildman–Crippen MR) is 66.0 cm³/mol. The molecule has 0 aliphatic carbocycles. The van der Waals surface area contributed by atoms with Crippen molar-refractivity contribution in [2.24, 2.45) is 0 Å². The Labute approximate surface area is 90.4 Å². The van der Waals surface area contributed by atoms with Crippen LogP contribution < -0.4 is 0 Å². The van der Waals surface area contributed by atoms with E-state index in [1.807, 2.05) is 23.5 Å². The van der Waals surface area contributed by atoms with Gasteiger partial charge in [0.05, 0.1) is 9.16 Å². The molecular formula is C8H10S4. The quantitative estimate of drug-likeness (QED) is 0.679. The highest BCUT2D eigenvalue weighted by Crippen LogP contribution is 2.43. The third-order valence-corrected chi connectivity index (χ3v) is 7.48. The zero-order valence-electron chi connectivity index (χ0n) is 6.51. The van der Waals surface area contributed by atoms with Crippen LogP contribution in [0.4, 0.5) is 0 Å². The van der Waals surface area contributed by atoms with E-state index >= 15 is 0 Å². The van der Waals surface area contributed by atoms with Crippen LogP contribution in [0.3, 0.4) is 0 Å². The molecule has 0 N–H and O–H groups in total. The van der Waals surface area contributed by atoms with Crippen molar-refractivity contribution in [3.63, 3.8) is 0 Å².